The lowest BCUT2D eigenvalue weighted by molar-refractivity contribution is 0.0547. The van der Waals surface area contributed by atoms with Crippen molar-refractivity contribution in [3.63, 3.8) is 0 Å². The third kappa shape index (κ3) is 3.79. The molecule has 1 aliphatic rings. The summed E-state index contributed by atoms with van der Waals surface area (Å²) in [6.45, 7) is 0.677. The molecule has 26 heavy (non-hydrogen) atoms. The van der Waals surface area contributed by atoms with Gasteiger partial charge in [-0.3, -0.25) is 9.48 Å². The summed E-state index contributed by atoms with van der Waals surface area (Å²) < 4.78 is 27.9. The van der Waals surface area contributed by atoms with E-state index in [0.29, 0.717) is 18.5 Å². The van der Waals surface area contributed by atoms with E-state index in [2.05, 4.69) is 5.10 Å². The van der Waals surface area contributed by atoms with Crippen LogP contribution in [-0.2, 0) is 23.5 Å². The minimum Gasteiger partial charge on any atom is -0.390 e. The number of nitrogens with zero attached hydrogens (tertiary/aromatic N) is 4. The quantitative estimate of drug-likeness (QED) is 0.769. The van der Waals surface area contributed by atoms with Gasteiger partial charge in [0.2, 0.25) is 10.0 Å². The monoisotopic (exact) mass is 378 g/mol. The Balaban J connectivity index is 1.69. The molecule has 1 aliphatic heterocycles. The maximum Gasteiger partial charge on any atom is 0.253 e. The average Bonchev–Trinajstić information content (AvgIpc) is 3.01. The van der Waals surface area contributed by atoms with Gasteiger partial charge in [-0.1, -0.05) is 6.07 Å². The van der Waals surface area contributed by atoms with Crippen molar-refractivity contribution in [2.24, 2.45) is 7.05 Å². The highest BCUT2D eigenvalue weighted by molar-refractivity contribution is 7.89. The van der Waals surface area contributed by atoms with E-state index in [1.54, 1.807) is 35.0 Å². The molecule has 3 rings (SSSR count). The zero-order chi connectivity index (χ0) is 18.9. The maximum absolute atomic E-state index is 12.6. The molecule has 0 bridgehead atoms. The van der Waals surface area contributed by atoms with Crippen molar-refractivity contribution in [1.82, 2.24) is 19.0 Å². The molecule has 2 aromatic rings. The highest BCUT2D eigenvalue weighted by Gasteiger charge is 2.35. The minimum absolute atomic E-state index is 0.0657. The van der Waals surface area contributed by atoms with Gasteiger partial charge < -0.3 is 10.0 Å². The molecule has 140 valence electrons. The molecular formula is C17H22N4O4S. The Bertz CT molecular complexity index is 903. The number of amides is 1. The van der Waals surface area contributed by atoms with Gasteiger partial charge in [0.25, 0.3) is 5.91 Å². The number of hydrogen-bond donors (Lipinski definition) is 1. The molecule has 1 aromatic heterocycles. The fourth-order valence-corrected chi connectivity index (χ4v) is 4.33. The SMILES string of the molecule is CN(CCc1cnn(C)c1)C(=O)c1cccc(S(=O)(=O)N2CC(O)C2)c1. The minimum atomic E-state index is -3.68. The Kier molecular flexibility index (Phi) is 5.12. The molecule has 1 N–H and O–H groups in total. The van der Waals surface area contributed by atoms with Crippen molar-refractivity contribution >= 4 is 15.9 Å². The summed E-state index contributed by atoms with van der Waals surface area (Å²) in [6, 6.07) is 6.02. The number of sulfonamides is 1. The number of likely N-dealkylation sites (N-methyl/N-ethyl adjacent to an activating group) is 1. The van der Waals surface area contributed by atoms with E-state index in [9.17, 15) is 18.3 Å². The standard InChI is InChI=1S/C17H22N4O4S/c1-19(7-6-13-9-18-20(2)10-13)17(23)14-4-3-5-16(8-14)26(24,25)21-11-15(22)12-21/h3-5,8-10,15,22H,6-7,11-12H2,1-2H3. The molecule has 0 aliphatic carbocycles. The van der Waals surface area contributed by atoms with E-state index in [1.165, 1.54) is 16.4 Å². The van der Waals surface area contributed by atoms with E-state index >= 15 is 0 Å². The van der Waals surface area contributed by atoms with Crippen LogP contribution in [0.2, 0.25) is 0 Å². The maximum atomic E-state index is 12.6. The van der Waals surface area contributed by atoms with E-state index < -0.39 is 16.1 Å². The Labute approximate surface area is 152 Å². The number of carbonyl (C=O) groups excluding carboxylic acids is 1. The number of aliphatic hydroxyl groups excluding tert-OH is 1. The molecule has 1 aromatic carbocycles. The van der Waals surface area contributed by atoms with Crippen LogP contribution < -0.4 is 0 Å². The first-order valence-corrected chi connectivity index (χ1v) is 9.72. The molecule has 0 spiro atoms. The van der Waals surface area contributed by atoms with Crippen LogP contribution >= 0.6 is 0 Å². The number of aromatic nitrogens is 2. The highest BCUT2D eigenvalue weighted by Crippen LogP contribution is 2.22. The predicted octanol–water partition coefficient (Wildman–Crippen LogP) is 0.100. The Morgan fingerprint density at radius 2 is 2.12 bits per heavy atom. The highest BCUT2D eigenvalue weighted by atomic mass is 32.2. The van der Waals surface area contributed by atoms with Crippen molar-refractivity contribution in [2.75, 3.05) is 26.7 Å². The molecule has 0 radical (unpaired) electrons. The van der Waals surface area contributed by atoms with Crippen LogP contribution in [0.4, 0.5) is 0 Å². The summed E-state index contributed by atoms with van der Waals surface area (Å²) in [6.07, 6.45) is 3.70. The number of hydrogen-bond acceptors (Lipinski definition) is 5. The Hall–Kier alpha value is -2.23. The van der Waals surface area contributed by atoms with Gasteiger partial charge in [-0.25, -0.2) is 8.42 Å². The normalized spacial score (nSPS) is 15.7. The van der Waals surface area contributed by atoms with Crippen molar-refractivity contribution in [2.45, 2.75) is 17.4 Å². The molecule has 0 unspecified atom stereocenters. The van der Waals surface area contributed by atoms with Crippen molar-refractivity contribution in [1.29, 1.82) is 0 Å². The van der Waals surface area contributed by atoms with E-state index in [4.69, 9.17) is 0 Å². The molecule has 1 amide bonds. The summed E-state index contributed by atoms with van der Waals surface area (Å²) in [7, 11) is -0.157. The number of carbonyl (C=O) groups is 1. The molecular weight excluding hydrogens is 356 g/mol. The summed E-state index contributed by atoms with van der Waals surface area (Å²) in [5.74, 6) is -0.241. The molecule has 0 saturated carbocycles. The second kappa shape index (κ2) is 7.18. The fraction of sp³-hybridized carbons (Fsp3) is 0.412. The largest absolute Gasteiger partial charge is 0.390 e. The van der Waals surface area contributed by atoms with Crippen molar-refractivity contribution in [3.8, 4) is 0 Å². The zero-order valence-corrected chi connectivity index (χ0v) is 15.6. The molecule has 9 heteroatoms. The molecule has 1 saturated heterocycles. The van der Waals surface area contributed by atoms with Gasteiger partial charge in [0.05, 0.1) is 17.2 Å². The number of β-amino-alcohol motifs (C(OH)–C–C–N with tert-alkyl or cyclic N) is 1. The third-order valence-electron chi connectivity index (χ3n) is 4.39. The first-order chi connectivity index (χ1) is 12.3. The summed E-state index contributed by atoms with van der Waals surface area (Å²) in [5.41, 5.74) is 1.35. The first-order valence-electron chi connectivity index (χ1n) is 8.28. The van der Waals surface area contributed by atoms with Crippen LogP contribution in [0.1, 0.15) is 15.9 Å². The summed E-state index contributed by atoms with van der Waals surface area (Å²) in [4.78, 5) is 14.2. The van der Waals surface area contributed by atoms with Crippen LogP contribution in [0.25, 0.3) is 0 Å². The fourth-order valence-electron chi connectivity index (χ4n) is 2.77. The lowest BCUT2D eigenvalue weighted by Gasteiger charge is -2.34. The number of aryl methyl sites for hydroxylation is 1. The van der Waals surface area contributed by atoms with Gasteiger partial charge in [0.15, 0.2) is 0 Å². The summed E-state index contributed by atoms with van der Waals surface area (Å²) in [5, 5.41) is 13.4. The first kappa shape index (κ1) is 18.6. The molecule has 1 fully saturated rings. The van der Waals surface area contributed by atoms with E-state index in [0.717, 1.165) is 5.56 Å². The van der Waals surface area contributed by atoms with Crippen LogP contribution in [-0.4, -0.2) is 71.2 Å². The van der Waals surface area contributed by atoms with Crippen LogP contribution in [0.5, 0.6) is 0 Å². The van der Waals surface area contributed by atoms with Crippen molar-refractivity contribution < 1.29 is 18.3 Å². The Morgan fingerprint density at radius 3 is 2.73 bits per heavy atom. The smallest absolute Gasteiger partial charge is 0.253 e. The van der Waals surface area contributed by atoms with Crippen LogP contribution in [0.15, 0.2) is 41.6 Å². The van der Waals surface area contributed by atoms with E-state index in [1.807, 2.05) is 13.2 Å². The van der Waals surface area contributed by atoms with Gasteiger partial charge >= 0.3 is 0 Å². The third-order valence-corrected chi connectivity index (χ3v) is 6.22. The summed E-state index contributed by atoms with van der Waals surface area (Å²) >= 11 is 0. The topological polar surface area (TPSA) is 95.7 Å². The van der Waals surface area contributed by atoms with Crippen molar-refractivity contribution in [3.05, 3.63) is 47.8 Å². The van der Waals surface area contributed by atoms with E-state index in [-0.39, 0.29) is 23.9 Å². The lowest BCUT2D eigenvalue weighted by atomic mass is 10.2. The van der Waals surface area contributed by atoms with Gasteiger partial charge in [0, 0.05) is 45.5 Å². The number of benzene rings is 1. The second-order valence-electron chi connectivity index (χ2n) is 6.50. The molecule has 8 nitrogen and oxygen atoms in total. The average molecular weight is 378 g/mol. The number of rotatable bonds is 6. The molecule has 0 atom stereocenters. The van der Waals surface area contributed by atoms with Crippen LogP contribution in [0, 0.1) is 0 Å². The van der Waals surface area contributed by atoms with Gasteiger partial charge in [0.1, 0.15) is 0 Å². The van der Waals surface area contributed by atoms with Gasteiger partial charge in [-0.05, 0) is 30.2 Å². The Morgan fingerprint density at radius 1 is 1.38 bits per heavy atom. The van der Waals surface area contributed by atoms with Gasteiger partial charge in [-0.2, -0.15) is 9.40 Å². The predicted molar refractivity (Wildman–Crippen MR) is 95.1 cm³/mol. The number of aliphatic hydroxyl groups is 1. The lowest BCUT2D eigenvalue weighted by Crippen LogP contribution is -2.53. The van der Waals surface area contributed by atoms with Gasteiger partial charge in [-0.15, -0.1) is 0 Å². The second-order valence-corrected chi connectivity index (χ2v) is 8.44. The van der Waals surface area contributed by atoms with Crippen LogP contribution in [0.3, 0.4) is 0 Å². The zero-order valence-electron chi connectivity index (χ0n) is 14.7. The molecule has 2 heterocycles.